The van der Waals surface area contributed by atoms with E-state index in [0.29, 0.717) is 5.88 Å². The maximum atomic E-state index is 10.1. The van der Waals surface area contributed by atoms with Crippen molar-refractivity contribution in [2.75, 3.05) is 6.61 Å². The molecule has 0 N–H and O–H groups in total. The van der Waals surface area contributed by atoms with Crippen LogP contribution in [0.1, 0.15) is 79.7 Å². The van der Waals surface area contributed by atoms with E-state index in [1.165, 1.54) is 0 Å². The molecular formula is C35H61N5O5SSi3. The highest BCUT2D eigenvalue weighted by atomic mass is 32.1. The summed E-state index contributed by atoms with van der Waals surface area (Å²) in [5.74, 6) is 1.11. The number of para-hydroxylation sites is 1. The van der Waals surface area contributed by atoms with Gasteiger partial charge in [-0.3, -0.25) is 4.57 Å². The molecule has 1 saturated heterocycles. The van der Waals surface area contributed by atoms with Gasteiger partial charge in [0.2, 0.25) is 10.7 Å². The van der Waals surface area contributed by atoms with Crippen LogP contribution in [-0.4, -0.2) is 59.0 Å². The number of azide groups is 1. The Morgan fingerprint density at radius 3 is 1.86 bits per heavy atom. The fourth-order valence-corrected chi connectivity index (χ4v) is 8.60. The van der Waals surface area contributed by atoms with Crippen LogP contribution >= 0.6 is 12.2 Å². The molecule has 10 nitrogen and oxygen atoms in total. The van der Waals surface area contributed by atoms with Crippen LogP contribution < -0.4 is 4.74 Å². The van der Waals surface area contributed by atoms with Crippen molar-refractivity contribution in [3.05, 3.63) is 56.8 Å². The number of aromatic nitrogens is 2. The molecule has 49 heavy (non-hydrogen) atoms. The summed E-state index contributed by atoms with van der Waals surface area (Å²) in [7, 11) is -7.33. The lowest BCUT2D eigenvalue weighted by molar-refractivity contribution is -0.119. The van der Waals surface area contributed by atoms with E-state index in [2.05, 4.69) is 112 Å². The molecule has 0 amide bonds. The van der Waals surface area contributed by atoms with Gasteiger partial charge in [-0.2, -0.15) is 4.98 Å². The highest BCUT2D eigenvalue weighted by Crippen LogP contribution is 2.50. The summed E-state index contributed by atoms with van der Waals surface area (Å²) < 4.78 is 36.6. The number of ether oxygens (including phenoxy) is 2. The molecule has 2 aromatic rings. The highest BCUT2D eigenvalue weighted by molar-refractivity contribution is 7.71. The maximum absolute atomic E-state index is 10.1. The van der Waals surface area contributed by atoms with Crippen LogP contribution in [0.4, 0.5) is 0 Å². The van der Waals surface area contributed by atoms with Crippen LogP contribution in [0.15, 0.2) is 35.6 Å². The standard InChI is InChI=1S/C35H61N5O5SSi3/c1-24-19-18-20-25(2)27(24)42-26-21-22-40(31(46)37-26)30-28(44-48(14,15)33(6,7)8)29(45-49(16,17)34(9,10)11)35(43-30,38-39-36)23-41-47(12,13)32(3,4)5/h18-22,28-30H,23H2,1-17H3/t28-,29+,30-,35-/m1/s1. The van der Waals surface area contributed by atoms with Crippen molar-refractivity contribution in [3.63, 3.8) is 0 Å². The number of nitrogens with zero attached hydrogens (tertiary/aromatic N) is 5. The normalized spacial score (nSPS) is 22.6. The van der Waals surface area contributed by atoms with E-state index in [0.717, 1.165) is 16.9 Å². The van der Waals surface area contributed by atoms with Crippen LogP contribution in [0.5, 0.6) is 11.6 Å². The minimum absolute atomic E-state index is 0.00914. The molecule has 0 radical (unpaired) electrons. The van der Waals surface area contributed by atoms with E-state index in [-0.39, 0.29) is 26.5 Å². The molecule has 0 aliphatic carbocycles. The summed E-state index contributed by atoms with van der Waals surface area (Å²) >= 11 is 5.93. The third-order valence-corrected chi connectivity index (χ3v) is 24.9. The topological polar surface area (TPSA) is 113 Å². The van der Waals surface area contributed by atoms with E-state index < -0.39 is 49.1 Å². The van der Waals surface area contributed by atoms with Gasteiger partial charge in [-0.15, -0.1) is 0 Å². The first kappa shape index (κ1) is 41.5. The summed E-state index contributed by atoms with van der Waals surface area (Å²) in [4.78, 5) is 8.05. The number of hydrogen-bond acceptors (Lipinski definition) is 8. The smallest absolute Gasteiger partial charge is 0.223 e. The second-order valence-electron chi connectivity index (χ2n) is 18.0. The first-order valence-corrected chi connectivity index (χ1v) is 26.3. The lowest BCUT2D eigenvalue weighted by Gasteiger charge is -2.46. The van der Waals surface area contributed by atoms with E-state index in [4.69, 9.17) is 40.0 Å². The molecule has 0 spiro atoms. The molecule has 2 heterocycles. The fraction of sp³-hybridized carbons (Fsp3) is 0.714. The van der Waals surface area contributed by atoms with Crippen LogP contribution in [0.2, 0.25) is 54.4 Å². The zero-order valence-electron chi connectivity index (χ0n) is 33.0. The van der Waals surface area contributed by atoms with Crippen molar-refractivity contribution in [2.45, 2.75) is 155 Å². The average Bonchev–Trinajstić information content (AvgIpc) is 3.19. The van der Waals surface area contributed by atoms with Crippen LogP contribution in [0.25, 0.3) is 10.4 Å². The first-order chi connectivity index (χ1) is 22.1. The quantitative estimate of drug-likeness (QED) is 0.0739. The Hall–Kier alpha value is -1.88. The molecule has 1 aliphatic rings. The zero-order chi connectivity index (χ0) is 37.6. The van der Waals surface area contributed by atoms with Crippen molar-refractivity contribution in [2.24, 2.45) is 5.11 Å². The molecule has 1 aromatic carbocycles. The third kappa shape index (κ3) is 8.96. The van der Waals surface area contributed by atoms with E-state index in [9.17, 15) is 5.53 Å². The van der Waals surface area contributed by atoms with Crippen LogP contribution in [-0.2, 0) is 18.0 Å². The van der Waals surface area contributed by atoms with Gasteiger partial charge >= 0.3 is 0 Å². The lowest BCUT2D eigenvalue weighted by Crippen LogP contribution is -2.58. The van der Waals surface area contributed by atoms with Gasteiger partial charge in [-0.05, 0) is 97.1 Å². The largest absolute Gasteiger partial charge is 0.438 e. The fourth-order valence-electron chi connectivity index (χ4n) is 4.77. The summed E-state index contributed by atoms with van der Waals surface area (Å²) in [6, 6.07) is 7.77. The maximum Gasteiger partial charge on any atom is 0.223 e. The number of hydrogen-bond donors (Lipinski definition) is 0. The predicted octanol–water partition coefficient (Wildman–Crippen LogP) is 11.4. The summed E-state index contributed by atoms with van der Waals surface area (Å²) in [6.07, 6.45) is -0.496. The molecule has 1 fully saturated rings. The molecule has 3 rings (SSSR count). The van der Waals surface area contributed by atoms with Crippen molar-refractivity contribution in [1.29, 1.82) is 0 Å². The minimum atomic E-state index is -2.51. The van der Waals surface area contributed by atoms with Gasteiger partial charge in [0.05, 0.1) is 6.61 Å². The van der Waals surface area contributed by atoms with Crippen molar-refractivity contribution in [3.8, 4) is 11.6 Å². The SMILES string of the molecule is Cc1cccc(C)c1Oc1ccn([C@@H]2O[C@@](CO[Si](C)(C)C(C)(C)C)(N=[N+]=[N-])[C@@H](O[Si](C)(C)C(C)(C)C)[C@H]2O[Si](C)(C)C(C)(C)C)c(=S)n1. The third-order valence-electron chi connectivity index (χ3n) is 11.2. The van der Waals surface area contributed by atoms with Gasteiger partial charge in [0, 0.05) is 17.2 Å². The Morgan fingerprint density at radius 1 is 0.878 bits per heavy atom. The van der Waals surface area contributed by atoms with Gasteiger partial charge in [0.1, 0.15) is 18.0 Å². The van der Waals surface area contributed by atoms with E-state index in [1.807, 2.05) is 38.2 Å². The molecule has 0 unspecified atom stereocenters. The lowest BCUT2D eigenvalue weighted by atomic mass is 10.1. The number of aryl methyl sites for hydroxylation is 2. The van der Waals surface area contributed by atoms with Crippen molar-refractivity contribution in [1.82, 2.24) is 9.55 Å². The Bertz CT molecular complexity index is 1590. The van der Waals surface area contributed by atoms with Gasteiger partial charge in [-0.1, -0.05) is 85.6 Å². The number of rotatable bonds is 11. The van der Waals surface area contributed by atoms with Gasteiger partial charge < -0.3 is 22.8 Å². The highest BCUT2D eigenvalue weighted by Gasteiger charge is 2.62. The molecule has 1 aromatic heterocycles. The molecule has 0 saturated carbocycles. The molecule has 274 valence electrons. The molecule has 0 bridgehead atoms. The molecule has 1 aliphatic heterocycles. The van der Waals surface area contributed by atoms with E-state index in [1.54, 1.807) is 10.6 Å². The zero-order valence-corrected chi connectivity index (χ0v) is 36.8. The van der Waals surface area contributed by atoms with Gasteiger partial charge in [0.15, 0.2) is 36.9 Å². The Balaban J connectivity index is 2.27. The second kappa shape index (κ2) is 14.3. The first-order valence-electron chi connectivity index (χ1n) is 17.2. The monoisotopic (exact) mass is 747 g/mol. The average molecular weight is 748 g/mol. The second-order valence-corrected chi connectivity index (χ2v) is 32.7. The number of benzene rings is 1. The van der Waals surface area contributed by atoms with Gasteiger partial charge in [0.25, 0.3) is 0 Å². The summed E-state index contributed by atoms with van der Waals surface area (Å²) in [5.41, 5.74) is 10.6. The molecule has 14 heteroatoms. The summed E-state index contributed by atoms with van der Waals surface area (Å²) in [5, 5.41) is 4.05. The van der Waals surface area contributed by atoms with Crippen molar-refractivity contribution < 1.29 is 22.8 Å². The summed E-state index contributed by atoms with van der Waals surface area (Å²) in [6.45, 7) is 36.8. The Labute approximate surface area is 303 Å². The van der Waals surface area contributed by atoms with Crippen LogP contribution in [0, 0.1) is 18.6 Å². The Morgan fingerprint density at radius 2 is 1.39 bits per heavy atom. The Kier molecular flexibility index (Phi) is 12.1. The van der Waals surface area contributed by atoms with Gasteiger partial charge in [-0.25, -0.2) is 0 Å². The van der Waals surface area contributed by atoms with Crippen molar-refractivity contribution >= 4 is 37.2 Å². The van der Waals surface area contributed by atoms with Crippen LogP contribution in [0.3, 0.4) is 0 Å². The molecular weight excluding hydrogens is 687 g/mol. The molecule has 4 atom stereocenters. The minimum Gasteiger partial charge on any atom is -0.438 e. The predicted molar refractivity (Wildman–Crippen MR) is 208 cm³/mol. The van der Waals surface area contributed by atoms with E-state index >= 15 is 0 Å².